The minimum Gasteiger partial charge on any atom is -0.394 e. The van der Waals surface area contributed by atoms with Gasteiger partial charge in [-0.2, -0.15) is 0 Å². The third-order valence-electron chi connectivity index (χ3n) is 5.54. The largest absolute Gasteiger partial charge is 0.394 e. The maximum absolute atomic E-state index is 13.2. The van der Waals surface area contributed by atoms with Gasteiger partial charge < -0.3 is 15.6 Å². The molecule has 0 unspecified atom stereocenters. The van der Waals surface area contributed by atoms with Crippen LogP contribution >= 0.6 is 11.3 Å². The summed E-state index contributed by atoms with van der Waals surface area (Å²) in [7, 11) is 0. The van der Waals surface area contributed by atoms with Crippen LogP contribution in [-0.4, -0.2) is 23.9 Å². The molecule has 0 bridgehead atoms. The van der Waals surface area contributed by atoms with Crippen LogP contribution in [-0.2, 0) is 11.2 Å². The summed E-state index contributed by atoms with van der Waals surface area (Å²) in [5.41, 5.74) is 10.8. The number of thiophene rings is 1. The Kier molecular flexibility index (Phi) is 6.11. The van der Waals surface area contributed by atoms with Gasteiger partial charge in [0.05, 0.1) is 18.8 Å². The molecule has 5 heteroatoms. The van der Waals surface area contributed by atoms with Gasteiger partial charge in [0.2, 0.25) is 0 Å². The number of benzene rings is 2. The highest BCUT2D eigenvalue weighted by Crippen LogP contribution is 2.34. The Hall–Kier alpha value is -2.05. The van der Waals surface area contributed by atoms with Gasteiger partial charge in [0.1, 0.15) is 5.82 Å². The van der Waals surface area contributed by atoms with E-state index in [2.05, 4.69) is 37.3 Å². The number of aliphatic hydroxyl groups excluding tert-OH is 1. The standard InChI is InChI=1S/C24H26FNO2S/c1-15-2-3-17(23-13-20(26)12-21(14-27)28-23)10-18(15)11-22-8-9-24(29-22)16-4-6-19(25)7-5-16/h2-10,20-21,23,27H,11-14,26H2,1H3/t20-,21-,23+/m0/s1. The van der Waals surface area contributed by atoms with Crippen LogP contribution in [0.1, 0.15) is 40.5 Å². The van der Waals surface area contributed by atoms with E-state index in [0.717, 1.165) is 28.8 Å². The molecule has 1 aromatic heterocycles. The minimum absolute atomic E-state index is 0.00424. The second kappa shape index (κ2) is 8.76. The van der Waals surface area contributed by atoms with E-state index < -0.39 is 0 Å². The van der Waals surface area contributed by atoms with Crippen LogP contribution in [0.3, 0.4) is 0 Å². The molecule has 1 aliphatic heterocycles. The molecule has 3 atom stereocenters. The Labute approximate surface area is 175 Å². The molecule has 1 aliphatic rings. The van der Waals surface area contributed by atoms with Crippen molar-refractivity contribution in [1.82, 2.24) is 0 Å². The molecule has 1 fully saturated rings. The van der Waals surface area contributed by atoms with Crippen molar-refractivity contribution in [3.63, 3.8) is 0 Å². The molecule has 0 radical (unpaired) electrons. The first-order valence-corrected chi connectivity index (χ1v) is 10.8. The van der Waals surface area contributed by atoms with Gasteiger partial charge >= 0.3 is 0 Å². The SMILES string of the molecule is Cc1ccc([C@H]2C[C@@H](N)C[C@@H](CO)O2)cc1Cc1ccc(-c2ccc(F)cc2)s1. The number of aryl methyl sites for hydroxylation is 1. The molecule has 0 amide bonds. The molecule has 152 valence electrons. The van der Waals surface area contributed by atoms with Gasteiger partial charge in [-0.15, -0.1) is 11.3 Å². The molecule has 2 aromatic carbocycles. The first kappa shape index (κ1) is 20.2. The third kappa shape index (κ3) is 4.75. The van der Waals surface area contributed by atoms with Gasteiger partial charge in [0.15, 0.2) is 0 Å². The van der Waals surface area contributed by atoms with Crippen LogP contribution in [0.5, 0.6) is 0 Å². The Bertz CT molecular complexity index is 969. The molecule has 29 heavy (non-hydrogen) atoms. The van der Waals surface area contributed by atoms with Crippen molar-refractivity contribution < 1.29 is 14.2 Å². The van der Waals surface area contributed by atoms with Gasteiger partial charge in [-0.3, -0.25) is 0 Å². The van der Waals surface area contributed by atoms with Crippen molar-refractivity contribution in [2.24, 2.45) is 5.73 Å². The number of hydrogen-bond donors (Lipinski definition) is 2. The fourth-order valence-electron chi connectivity index (χ4n) is 3.90. The number of rotatable bonds is 5. The van der Waals surface area contributed by atoms with Crippen LogP contribution in [0.15, 0.2) is 54.6 Å². The predicted octanol–water partition coefficient (Wildman–Crippen LogP) is 4.99. The molecule has 3 N–H and O–H groups in total. The van der Waals surface area contributed by atoms with Crippen LogP contribution in [0, 0.1) is 12.7 Å². The van der Waals surface area contributed by atoms with Gasteiger partial charge in [-0.25, -0.2) is 4.39 Å². The highest BCUT2D eigenvalue weighted by molar-refractivity contribution is 7.15. The predicted molar refractivity (Wildman–Crippen MR) is 116 cm³/mol. The van der Waals surface area contributed by atoms with Gasteiger partial charge in [0, 0.05) is 22.2 Å². The third-order valence-corrected chi connectivity index (χ3v) is 6.68. The van der Waals surface area contributed by atoms with Gasteiger partial charge in [-0.05, 0) is 66.3 Å². The fourth-order valence-corrected chi connectivity index (χ4v) is 4.93. The molecule has 4 rings (SSSR count). The van der Waals surface area contributed by atoms with Crippen molar-refractivity contribution in [2.45, 2.75) is 44.4 Å². The van der Waals surface area contributed by atoms with E-state index >= 15 is 0 Å². The van der Waals surface area contributed by atoms with Crippen LogP contribution < -0.4 is 5.73 Å². The van der Waals surface area contributed by atoms with Crippen LogP contribution in [0.2, 0.25) is 0 Å². The zero-order valence-electron chi connectivity index (χ0n) is 16.5. The van der Waals surface area contributed by atoms with E-state index in [1.807, 2.05) is 12.1 Å². The zero-order valence-corrected chi connectivity index (χ0v) is 17.3. The van der Waals surface area contributed by atoms with Crippen molar-refractivity contribution in [2.75, 3.05) is 6.61 Å². The van der Waals surface area contributed by atoms with Crippen molar-refractivity contribution in [3.05, 3.63) is 82.0 Å². The summed E-state index contributed by atoms with van der Waals surface area (Å²) < 4.78 is 19.2. The first-order chi connectivity index (χ1) is 14.0. The van der Waals surface area contributed by atoms with E-state index in [-0.39, 0.29) is 30.7 Å². The fraction of sp³-hybridized carbons (Fsp3) is 0.333. The highest BCUT2D eigenvalue weighted by Gasteiger charge is 2.28. The summed E-state index contributed by atoms with van der Waals surface area (Å²) in [5.74, 6) is -0.217. The Morgan fingerprint density at radius 2 is 1.90 bits per heavy atom. The Morgan fingerprint density at radius 3 is 2.66 bits per heavy atom. The molecule has 0 aliphatic carbocycles. The molecule has 0 spiro atoms. The Balaban J connectivity index is 1.53. The highest BCUT2D eigenvalue weighted by atomic mass is 32.1. The second-order valence-electron chi connectivity index (χ2n) is 7.80. The molecule has 0 saturated carbocycles. The van der Waals surface area contributed by atoms with E-state index in [4.69, 9.17) is 10.5 Å². The summed E-state index contributed by atoms with van der Waals surface area (Å²) in [6.45, 7) is 2.13. The summed E-state index contributed by atoms with van der Waals surface area (Å²) in [5, 5.41) is 9.48. The first-order valence-electron chi connectivity index (χ1n) is 9.98. The average Bonchev–Trinajstić information content (AvgIpc) is 3.18. The van der Waals surface area contributed by atoms with E-state index in [1.54, 1.807) is 11.3 Å². The lowest BCUT2D eigenvalue weighted by Gasteiger charge is -2.33. The molecule has 3 aromatic rings. The second-order valence-corrected chi connectivity index (χ2v) is 8.96. The normalized spacial score (nSPS) is 22.0. The van der Waals surface area contributed by atoms with Gasteiger partial charge in [-0.1, -0.05) is 30.3 Å². The van der Waals surface area contributed by atoms with Crippen LogP contribution in [0.25, 0.3) is 10.4 Å². The zero-order chi connectivity index (χ0) is 20.4. The summed E-state index contributed by atoms with van der Waals surface area (Å²) in [6, 6.07) is 17.4. The smallest absolute Gasteiger partial charge is 0.123 e. The summed E-state index contributed by atoms with van der Waals surface area (Å²) in [4.78, 5) is 2.40. The number of halogens is 1. The maximum Gasteiger partial charge on any atom is 0.123 e. The number of aliphatic hydroxyl groups is 1. The maximum atomic E-state index is 13.2. The minimum atomic E-state index is -0.217. The molecular weight excluding hydrogens is 385 g/mol. The summed E-state index contributed by atoms with van der Waals surface area (Å²) >= 11 is 1.73. The average molecular weight is 412 g/mol. The Morgan fingerprint density at radius 1 is 1.10 bits per heavy atom. The number of hydrogen-bond acceptors (Lipinski definition) is 4. The quantitative estimate of drug-likeness (QED) is 0.622. The topological polar surface area (TPSA) is 55.5 Å². The number of nitrogens with two attached hydrogens (primary N) is 1. The number of ether oxygens (including phenoxy) is 1. The van der Waals surface area contributed by atoms with Crippen LogP contribution in [0.4, 0.5) is 4.39 Å². The van der Waals surface area contributed by atoms with Crippen molar-refractivity contribution in [3.8, 4) is 10.4 Å². The lowest BCUT2D eigenvalue weighted by atomic mass is 9.92. The van der Waals surface area contributed by atoms with Crippen molar-refractivity contribution in [1.29, 1.82) is 0 Å². The lowest BCUT2D eigenvalue weighted by molar-refractivity contribution is -0.0797. The summed E-state index contributed by atoms with van der Waals surface area (Å²) in [6.07, 6.45) is 2.05. The molecular formula is C24H26FNO2S. The van der Waals surface area contributed by atoms with Crippen molar-refractivity contribution >= 4 is 11.3 Å². The van der Waals surface area contributed by atoms with E-state index in [1.165, 1.54) is 28.1 Å². The van der Waals surface area contributed by atoms with Gasteiger partial charge in [0.25, 0.3) is 0 Å². The molecule has 1 saturated heterocycles. The monoisotopic (exact) mass is 411 g/mol. The molecule has 3 nitrogen and oxygen atoms in total. The van der Waals surface area contributed by atoms with E-state index in [9.17, 15) is 9.50 Å². The lowest BCUT2D eigenvalue weighted by Crippen LogP contribution is -2.38. The molecule has 2 heterocycles. The van der Waals surface area contributed by atoms with E-state index in [0.29, 0.717) is 6.42 Å².